The van der Waals surface area contributed by atoms with E-state index in [9.17, 15) is 27.6 Å². The Morgan fingerprint density at radius 3 is 2.40 bits per heavy atom. The molecule has 7 nitrogen and oxygen atoms in total. The molecule has 0 aliphatic rings. The molecule has 0 bridgehead atoms. The molecule has 0 spiro atoms. The van der Waals surface area contributed by atoms with Gasteiger partial charge in [0.25, 0.3) is 11.8 Å². The smallest absolute Gasteiger partial charge is 0.416 e. The number of hydrogen-bond donors (Lipinski definition) is 3. The molecule has 0 saturated heterocycles. The van der Waals surface area contributed by atoms with E-state index in [1.54, 1.807) is 73.7 Å². The van der Waals surface area contributed by atoms with Crippen molar-refractivity contribution >= 4 is 58.5 Å². The SMILES string of the molecule is CCC(Sc1cccc(NC(=O)/C(=C/c2ccco2)NC(=O)c2ccccc2)c1)C(=O)Nc1cc(C(F)(F)F)ccc1Cl. The highest BCUT2D eigenvalue weighted by Crippen LogP contribution is 2.35. The molecule has 1 heterocycles. The Bertz CT molecular complexity index is 1630. The minimum Gasteiger partial charge on any atom is -0.465 e. The molecule has 4 aromatic rings. The van der Waals surface area contributed by atoms with Crippen LogP contribution in [0.5, 0.6) is 0 Å². The zero-order valence-corrected chi connectivity index (χ0v) is 24.1. The van der Waals surface area contributed by atoms with Gasteiger partial charge in [0.2, 0.25) is 5.91 Å². The Morgan fingerprint density at radius 2 is 1.72 bits per heavy atom. The van der Waals surface area contributed by atoms with E-state index in [2.05, 4.69) is 16.0 Å². The fourth-order valence-electron chi connectivity index (χ4n) is 3.80. The summed E-state index contributed by atoms with van der Waals surface area (Å²) in [6.07, 6.45) is -1.41. The molecule has 4 rings (SSSR count). The van der Waals surface area contributed by atoms with Crippen molar-refractivity contribution in [2.45, 2.75) is 29.7 Å². The van der Waals surface area contributed by atoms with Crippen LogP contribution in [0.1, 0.15) is 35.0 Å². The molecule has 0 aliphatic heterocycles. The molecule has 43 heavy (non-hydrogen) atoms. The largest absolute Gasteiger partial charge is 0.465 e. The lowest BCUT2D eigenvalue weighted by atomic mass is 10.2. The molecule has 3 amide bonds. The van der Waals surface area contributed by atoms with Crippen molar-refractivity contribution in [3.05, 3.63) is 119 Å². The van der Waals surface area contributed by atoms with Crippen LogP contribution < -0.4 is 16.0 Å². The summed E-state index contributed by atoms with van der Waals surface area (Å²) in [5.74, 6) is -1.29. The number of furan rings is 1. The van der Waals surface area contributed by atoms with Crippen molar-refractivity contribution in [3.63, 3.8) is 0 Å². The molecule has 3 aromatic carbocycles. The van der Waals surface area contributed by atoms with Gasteiger partial charge in [0.15, 0.2) is 0 Å². The standard InChI is InChI=1S/C31H25ClF3N3O4S/c1-2-27(30(41)37-25-16-20(31(33,34)35)13-14-24(25)32)43-23-12-6-10-21(17-23)36-29(40)26(18-22-11-7-15-42-22)38-28(39)19-8-4-3-5-9-19/h3-18,27H,2H2,1H3,(H,36,40)(H,37,41)(H,38,39)/b26-18-. The summed E-state index contributed by atoms with van der Waals surface area (Å²) >= 11 is 7.20. The van der Waals surface area contributed by atoms with Gasteiger partial charge in [-0.05, 0) is 67.1 Å². The lowest BCUT2D eigenvalue weighted by molar-refractivity contribution is -0.137. The second kappa shape index (κ2) is 14.1. The lowest BCUT2D eigenvalue weighted by Crippen LogP contribution is -2.30. The molecule has 0 fully saturated rings. The molecule has 3 N–H and O–H groups in total. The Morgan fingerprint density at radius 1 is 0.953 bits per heavy atom. The monoisotopic (exact) mass is 627 g/mol. The predicted molar refractivity (Wildman–Crippen MR) is 161 cm³/mol. The number of hydrogen-bond acceptors (Lipinski definition) is 5. The fourth-order valence-corrected chi connectivity index (χ4v) is 4.98. The number of alkyl halides is 3. The van der Waals surface area contributed by atoms with Crippen molar-refractivity contribution in [2.75, 3.05) is 10.6 Å². The van der Waals surface area contributed by atoms with Gasteiger partial charge in [0.1, 0.15) is 11.5 Å². The topological polar surface area (TPSA) is 100 Å². The molecule has 0 radical (unpaired) electrons. The summed E-state index contributed by atoms with van der Waals surface area (Å²) in [6, 6.07) is 21.0. The van der Waals surface area contributed by atoms with Crippen LogP contribution in [0.4, 0.5) is 24.5 Å². The molecule has 222 valence electrons. The molecule has 1 atom stereocenters. The van der Waals surface area contributed by atoms with Crippen LogP contribution >= 0.6 is 23.4 Å². The quantitative estimate of drug-likeness (QED) is 0.123. The van der Waals surface area contributed by atoms with Gasteiger partial charge in [-0.3, -0.25) is 14.4 Å². The Kier molecular flexibility index (Phi) is 10.3. The highest BCUT2D eigenvalue weighted by atomic mass is 35.5. The zero-order valence-electron chi connectivity index (χ0n) is 22.6. The van der Waals surface area contributed by atoms with E-state index in [0.717, 1.165) is 18.2 Å². The second-order valence-corrected chi connectivity index (χ2v) is 10.8. The van der Waals surface area contributed by atoms with Gasteiger partial charge in [-0.15, -0.1) is 11.8 Å². The minimum atomic E-state index is -4.59. The van der Waals surface area contributed by atoms with Gasteiger partial charge in [-0.1, -0.05) is 42.8 Å². The molecule has 12 heteroatoms. The van der Waals surface area contributed by atoms with Crippen molar-refractivity contribution in [1.29, 1.82) is 0 Å². The molecule has 0 aliphatic carbocycles. The van der Waals surface area contributed by atoms with Gasteiger partial charge < -0.3 is 20.4 Å². The molecular weight excluding hydrogens is 603 g/mol. The Labute approximate surface area is 254 Å². The lowest BCUT2D eigenvalue weighted by Gasteiger charge is -2.17. The van der Waals surface area contributed by atoms with Gasteiger partial charge in [-0.2, -0.15) is 13.2 Å². The van der Waals surface area contributed by atoms with E-state index in [0.29, 0.717) is 28.3 Å². The van der Waals surface area contributed by atoms with Crippen LogP contribution in [-0.2, 0) is 15.8 Å². The average molecular weight is 628 g/mol. The van der Waals surface area contributed by atoms with Crippen LogP contribution in [0.25, 0.3) is 6.08 Å². The molecule has 1 aromatic heterocycles. The third kappa shape index (κ3) is 8.76. The van der Waals surface area contributed by atoms with E-state index in [1.807, 2.05) is 0 Å². The summed E-state index contributed by atoms with van der Waals surface area (Å²) in [5, 5.41) is 7.13. The predicted octanol–water partition coefficient (Wildman–Crippen LogP) is 7.87. The number of rotatable bonds is 10. The summed E-state index contributed by atoms with van der Waals surface area (Å²) in [4.78, 5) is 39.6. The number of thioether (sulfide) groups is 1. The van der Waals surface area contributed by atoms with Gasteiger partial charge in [-0.25, -0.2) is 0 Å². The average Bonchev–Trinajstić information content (AvgIpc) is 3.50. The molecular formula is C31H25ClF3N3O4S. The van der Waals surface area contributed by atoms with Crippen LogP contribution in [-0.4, -0.2) is 23.0 Å². The maximum Gasteiger partial charge on any atom is 0.416 e. The third-order valence-corrected chi connectivity index (χ3v) is 7.63. The second-order valence-electron chi connectivity index (χ2n) is 9.07. The normalized spacial score (nSPS) is 12.3. The van der Waals surface area contributed by atoms with Crippen LogP contribution in [0.3, 0.4) is 0 Å². The van der Waals surface area contributed by atoms with E-state index in [1.165, 1.54) is 24.1 Å². The minimum absolute atomic E-state index is 0.0244. The van der Waals surface area contributed by atoms with Crippen molar-refractivity contribution in [1.82, 2.24) is 5.32 Å². The van der Waals surface area contributed by atoms with Crippen LogP contribution in [0.15, 0.2) is 106 Å². The van der Waals surface area contributed by atoms with Gasteiger partial charge in [0, 0.05) is 22.2 Å². The van der Waals surface area contributed by atoms with E-state index in [4.69, 9.17) is 16.0 Å². The fraction of sp³-hybridized carbons (Fsp3) is 0.129. The van der Waals surface area contributed by atoms with Crippen LogP contribution in [0.2, 0.25) is 5.02 Å². The first-order valence-corrected chi connectivity index (χ1v) is 14.2. The van der Waals surface area contributed by atoms with Crippen molar-refractivity contribution in [3.8, 4) is 0 Å². The number of carbonyl (C=O) groups is 3. The molecule has 1 unspecified atom stereocenters. The zero-order chi connectivity index (χ0) is 31.0. The number of anilines is 2. The maximum atomic E-state index is 13.2. The summed E-state index contributed by atoms with van der Waals surface area (Å²) in [6.45, 7) is 1.76. The highest BCUT2D eigenvalue weighted by Gasteiger charge is 2.31. The number of halogens is 4. The van der Waals surface area contributed by atoms with Gasteiger partial charge >= 0.3 is 6.18 Å². The summed E-state index contributed by atoms with van der Waals surface area (Å²) in [5.41, 5.74) is -0.405. The van der Waals surface area contributed by atoms with E-state index < -0.39 is 34.7 Å². The third-order valence-electron chi connectivity index (χ3n) is 5.94. The van der Waals surface area contributed by atoms with Crippen molar-refractivity contribution in [2.24, 2.45) is 0 Å². The van der Waals surface area contributed by atoms with Gasteiger partial charge in [0.05, 0.1) is 27.8 Å². The Balaban J connectivity index is 1.47. The highest BCUT2D eigenvalue weighted by molar-refractivity contribution is 8.00. The molecule has 0 saturated carbocycles. The number of benzene rings is 3. The van der Waals surface area contributed by atoms with Crippen molar-refractivity contribution < 1.29 is 32.0 Å². The first kappa shape index (κ1) is 31.5. The number of nitrogens with one attached hydrogen (secondary N) is 3. The first-order chi connectivity index (χ1) is 20.5. The van der Waals surface area contributed by atoms with Crippen LogP contribution in [0, 0.1) is 0 Å². The van der Waals surface area contributed by atoms with E-state index >= 15 is 0 Å². The number of amides is 3. The maximum absolute atomic E-state index is 13.2. The summed E-state index contributed by atoms with van der Waals surface area (Å²) < 4.78 is 44.7. The number of carbonyl (C=O) groups excluding carboxylic acids is 3. The Hall–Kier alpha value is -4.48. The first-order valence-electron chi connectivity index (χ1n) is 12.9. The van der Waals surface area contributed by atoms with E-state index in [-0.39, 0.29) is 16.4 Å². The summed E-state index contributed by atoms with van der Waals surface area (Å²) in [7, 11) is 0.